The van der Waals surface area contributed by atoms with Crippen molar-refractivity contribution >= 4 is 23.4 Å². The Labute approximate surface area is 129 Å². The maximum Gasteiger partial charge on any atom is 0.231 e. The summed E-state index contributed by atoms with van der Waals surface area (Å²) in [5.41, 5.74) is 2.89. The minimum atomic E-state index is -0.264. The Morgan fingerprint density at radius 2 is 2.05 bits per heavy atom. The molecular formula is C16H19N3O3. The lowest BCUT2D eigenvalue weighted by atomic mass is 10.1. The summed E-state index contributed by atoms with van der Waals surface area (Å²) in [5.74, 6) is -0.256. The third kappa shape index (κ3) is 2.56. The number of amides is 3. The zero-order valence-corrected chi connectivity index (χ0v) is 12.8. The van der Waals surface area contributed by atoms with Crippen LogP contribution in [0.3, 0.4) is 0 Å². The number of anilines is 1. The quantitative estimate of drug-likeness (QED) is 0.873. The van der Waals surface area contributed by atoms with Gasteiger partial charge in [-0.3, -0.25) is 14.4 Å². The number of nitrogens with one attached hydrogen (secondary N) is 1. The number of rotatable bonds is 3. The number of benzene rings is 1. The molecule has 0 bridgehead atoms. The summed E-state index contributed by atoms with van der Waals surface area (Å²) >= 11 is 0. The van der Waals surface area contributed by atoms with E-state index >= 15 is 0 Å². The van der Waals surface area contributed by atoms with Gasteiger partial charge < -0.3 is 15.1 Å². The van der Waals surface area contributed by atoms with Crippen LogP contribution in [0.5, 0.6) is 0 Å². The van der Waals surface area contributed by atoms with Crippen LogP contribution in [0.15, 0.2) is 18.2 Å². The SMILES string of the molecule is CN1CC(C(=O)NCc2ccc3c(c2)CC(=O)N3C)CC1=O. The second-order valence-electron chi connectivity index (χ2n) is 5.99. The lowest BCUT2D eigenvalue weighted by Crippen LogP contribution is -2.31. The average molecular weight is 301 g/mol. The van der Waals surface area contributed by atoms with Crippen molar-refractivity contribution in [3.05, 3.63) is 29.3 Å². The first-order valence-electron chi connectivity index (χ1n) is 7.35. The van der Waals surface area contributed by atoms with Crippen LogP contribution in [-0.4, -0.2) is 43.3 Å². The van der Waals surface area contributed by atoms with E-state index in [1.54, 1.807) is 23.9 Å². The van der Waals surface area contributed by atoms with E-state index in [-0.39, 0.29) is 30.1 Å². The number of carbonyl (C=O) groups excluding carboxylic acids is 3. The van der Waals surface area contributed by atoms with Crippen molar-refractivity contribution in [1.82, 2.24) is 10.2 Å². The number of nitrogens with zero attached hydrogens (tertiary/aromatic N) is 2. The van der Waals surface area contributed by atoms with Crippen molar-refractivity contribution in [2.45, 2.75) is 19.4 Å². The Kier molecular flexibility index (Phi) is 3.60. The van der Waals surface area contributed by atoms with Crippen molar-refractivity contribution in [3.63, 3.8) is 0 Å². The molecule has 116 valence electrons. The summed E-state index contributed by atoms with van der Waals surface area (Å²) in [6, 6.07) is 5.79. The number of likely N-dealkylation sites (N-methyl/N-ethyl adjacent to an activating group) is 1. The Bertz CT molecular complexity index is 656. The van der Waals surface area contributed by atoms with Crippen molar-refractivity contribution in [2.75, 3.05) is 25.5 Å². The molecule has 1 fully saturated rings. The largest absolute Gasteiger partial charge is 0.352 e. The molecule has 1 unspecified atom stereocenters. The molecule has 1 saturated heterocycles. The molecule has 3 amide bonds. The first-order valence-corrected chi connectivity index (χ1v) is 7.35. The van der Waals surface area contributed by atoms with E-state index in [4.69, 9.17) is 0 Å². The maximum absolute atomic E-state index is 12.1. The molecule has 0 aromatic heterocycles. The van der Waals surface area contributed by atoms with Crippen molar-refractivity contribution in [3.8, 4) is 0 Å². The van der Waals surface area contributed by atoms with E-state index in [2.05, 4.69) is 5.32 Å². The predicted molar refractivity (Wildman–Crippen MR) is 81.1 cm³/mol. The van der Waals surface area contributed by atoms with Crippen molar-refractivity contribution in [1.29, 1.82) is 0 Å². The standard InChI is InChI=1S/C16H19N3O3/c1-18-9-12(7-14(18)20)16(22)17-8-10-3-4-13-11(5-10)6-15(21)19(13)2/h3-5,12H,6-9H2,1-2H3,(H,17,22). The molecule has 1 aromatic rings. The topological polar surface area (TPSA) is 69.7 Å². The number of fused-ring (bicyclic) bond motifs is 1. The second kappa shape index (κ2) is 5.44. The van der Waals surface area contributed by atoms with E-state index in [1.165, 1.54) is 0 Å². The number of hydrogen-bond acceptors (Lipinski definition) is 3. The molecule has 1 atom stereocenters. The highest BCUT2D eigenvalue weighted by atomic mass is 16.2. The molecule has 0 aliphatic carbocycles. The fourth-order valence-corrected chi connectivity index (χ4v) is 3.01. The zero-order valence-electron chi connectivity index (χ0n) is 12.8. The lowest BCUT2D eigenvalue weighted by Gasteiger charge is -2.13. The first-order chi connectivity index (χ1) is 10.5. The van der Waals surface area contributed by atoms with E-state index < -0.39 is 0 Å². The molecular weight excluding hydrogens is 282 g/mol. The van der Waals surface area contributed by atoms with Crippen LogP contribution in [0.1, 0.15) is 17.5 Å². The fourth-order valence-electron chi connectivity index (χ4n) is 3.01. The molecule has 0 saturated carbocycles. The number of hydrogen-bond donors (Lipinski definition) is 1. The zero-order chi connectivity index (χ0) is 15.9. The van der Waals surface area contributed by atoms with Gasteiger partial charge in [-0.15, -0.1) is 0 Å². The van der Waals surface area contributed by atoms with E-state index in [9.17, 15) is 14.4 Å². The van der Waals surface area contributed by atoms with Crippen LogP contribution in [0.2, 0.25) is 0 Å². The van der Waals surface area contributed by atoms with Gasteiger partial charge in [0, 0.05) is 39.3 Å². The van der Waals surface area contributed by atoms with Crippen LogP contribution in [0.4, 0.5) is 5.69 Å². The monoisotopic (exact) mass is 301 g/mol. The minimum absolute atomic E-state index is 0.0132. The summed E-state index contributed by atoms with van der Waals surface area (Å²) in [4.78, 5) is 38.5. The lowest BCUT2D eigenvalue weighted by molar-refractivity contribution is -0.128. The van der Waals surface area contributed by atoms with Crippen molar-refractivity contribution < 1.29 is 14.4 Å². The molecule has 0 spiro atoms. The molecule has 2 heterocycles. The van der Waals surface area contributed by atoms with Crippen LogP contribution in [-0.2, 0) is 27.3 Å². The normalized spacial score (nSPS) is 20.5. The molecule has 6 nitrogen and oxygen atoms in total. The Hall–Kier alpha value is -2.37. The third-order valence-corrected chi connectivity index (χ3v) is 4.40. The Balaban J connectivity index is 1.61. The summed E-state index contributed by atoms with van der Waals surface area (Å²) < 4.78 is 0. The van der Waals surface area contributed by atoms with Gasteiger partial charge >= 0.3 is 0 Å². The van der Waals surface area contributed by atoms with Gasteiger partial charge in [-0.25, -0.2) is 0 Å². The Morgan fingerprint density at radius 3 is 2.73 bits per heavy atom. The summed E-state index contributed by atoms with van der Waals surface area (Å²) in [6.45, 7) is 0.895. The van der Waals surface area contributed by atoms with Gasteiger partial charge in [0.05, 0.1) is 12.3 Å². The summed E-state index contributed by atoms with van der Waals surface area (Å²) in [5, 5.41) is 2.88. The predicted octanol–water partition coefficient (Wildman–Crippen LogP) is 0.300. The van der Waals surface area contributed by atoms with E-state index in [1.807, 2.05) is 18.2 Å². The number of likely N-dealkylation sites (tertiary alicyclic amines) is 1. The fraction of sp³-hybridized carbons (Fsp3) is 0.438. The van der Waals surface area contributed by atoms with Gasteiger partial charge in [-0.05, 0) is 17.2 Å². The van der Waals surface area contributed by atoms with Gasteiger partial charge in [-0.2, -0.15) is 0 Å². The van der Waals surface area contributed by atoms with Crippen LogP contribution in [0, 0.1) is 5.92 Å². The van der Waals surface area contributed by atoms with Crippen LogP contribution >= 0.6 is 0 Å². The van der Waals surface area contributed by atoms with Gasteiger partial charge in [-0.1, -0.05) is 12.1 Å². The van der Waals surface area contributed by atoms with E-state index in [0.29, 0.717) is 19.5 Å². The van der Waals surface area contributed by atoms with Crippen LogP contribution < -0.4 is 10.2 Å². The minimum Gasteiger partial charge on any atom is -0.352 e. The highest BCUT2D eigenvalue weighted by Crippen LogP contribution is 2.28. The Morgan fingerprint density at radius 1 is 1.27 bits per heavy atom. The summed E-state index contributed by atoms with van der Waals surface area (Å²) in [7, 11) is 3.48. The molecule has 1 aromatic carbocycles. The van der Waals surface area contributed by atoms with E-state index in [0.717, 1.165) is 16.8 Å². The molecule has 3 rings (SSSR count). The molecule has 1 N–H and O–H groups in total. The second-order valence-corrected chi connectivity index (χ2v) is 5.99. The molecule has 6 heteroatoms. The van der Waals surface area contributed by atoms with Gasteiger partial charge in [0.1, 0.15) is 0 Å². The maximum atomic E-state index is 12.1. The average Bonchev–Trinajstić information content (AvgIpc) is 2.97. The van der Waals surface area contributed by atoms with Gasteiger partial charge in [0.25, 0.3) is 0 Å². The van der Waals surface area contributed by atoms with Gasteiger partial charge in [0.15, 0.2) is 0 Å². The highest BCUT2D eigenvalue weighted by molar-refractivity contribution is 6.00. The highest BCUT2D eigenvalue weighted by Gasteiger charge is 2.32. The third-order valence-electron chi connectivity index (χ3n) is 4.40. The molecule has 2 aliphatic rings. The van der Waals surface area contributed by atoms with Gasteiger partial charge in [0.2, 0.25) is 17.7 Å². The smallest absolute Gasteiger partial charge is 0.231 e. The molecule has 2 aliphatic heterocycles. The van der Waals surface area contributed by atoms with Crippen LogP contribution in [0.25, 0.3) is 0 Å². The molecule has 0 radical (unpaired) electrons. The van der Waals surface area contributed by atoms with Crippen molar-refractivity contribution in [2.24, 2.45) is 5.92 Å². The number of carbonyl (C=O) groups is 3. The first kappa shape index (κ1) is 14.6. The molecule has 22 heavy (non-hydrogen) atoms. The summed E-state index contributed by atoms with van der Waals surface area (Å²) in [6.07, 6.45) is 0.696.